The number of ether oxygens (including phenoxy) is 1. The van der Waals surface area contributed by atoms with Gasteiger partial charge in [0.1, 0.15) is 11.3 Å². The Morgan fingerprint density at radius 1 is 1.50 bits per heavy atom. The van der Waals surface area contributed by atoms with Crippen molar-refractivity contribution in [2.24, 2.45) is 0 Å². The van der Waals surface area contributed by atoms with Crippen LogP contribution in [0.25, 0.3) is 16.4 Å². The highest BCUT2D eigenvalue weighted by atomic mass is 19.1. The van der Waals surface area contributed by atoms with Gasteiger partial charge >= 0.3 is 11.7 Å². The molecule has 0 bridgehead atoms. The standard InChI is InChI=1S/C12H9FN4O3/c1-2-20-11(18)9-10-7-5-6(13)3-4-8(7)14-12(19)17(10)16-15-9/h3-5,16H,2H2,1H3. The van der Waals surface area contributed by atoms with E-state index in [0.29, 0.717) is 5.39 Å². The summed E-state index contributed by atoms with van der Waals surface area (Å²) in [6, 6.07) is 3.75. The molecular formula is C12H9FN4O3. The highest BCUT2D eigenvalue weighted by molar-refractivity contribution is 6.04. The van der Waals surface area contributed by atoms with Gasteiger partial charge in [-0.1, -0.05) is 0 Å². The van der Waals surface area contributed by atoms with Crippen LogP contribution in [0.1, 0.15) is 17.4 Å². The van der Waals surface area contributed by atoms with Crippen molar-refractivity contribution < 1.29 is 13.9 Å². The molecule has 2 heterocycles. The molecular weight excluding hydrogens is 267 g/mol. The molecule has 0 saturated carbocycles. The van der Waals surface area contributed by atoms with Crippen molar-refractivity contribution in [3.8, 4) is 0 Å². The normalized spacial score (nSPS) is 11.1. The Balaban J connectivity index is 2.44. The number of aromatic nitrogens is 4. The minimum absolute atomic E-state index is 0.0815. The third kappa shape index (κ3) is 1.73. The maximum atomic E-state index is 13.4. The van der Waals surface area contributed by atoms with Crippen molar-refractivity contribution in [3.05, 3.63) is 40.2 Å². The Kier molecular flexibility index (Phi) is 2.70. The van der Waals surface area contributed by atoms with Gasteiger partial charge in [-0.05, 0) is 25.1 Å². The molecule has 0 atom stereocenters. The number of hydrogen-bond acceptors (Lipinski definition) is 5. The van der Waals surface area contributed by atoms with Crippen LogP contribution in [0.4, 0.5) is 4.39 Å². The molecule has 0 amide bonds. The highest BCUT2D eigenvalue weighted by Gasteiger charge is 2.20. The number of benzene rings is 1. The van der Waals surface area contributed by atoms with Crippen molar-refractivity contribution in [1.29, 1.82) is 0 Å². The molecule has 0 saturated heterocycles. The predicted molar refractivity (Wildman–Crippen MR) is 67.0 cm³/mol. The molecule has 1 aromatic carbocycles. The monoisotopic (exact) mass is 276 g/mol. The van der Waals surface area contributed by atoms with Gasteiger partial charge in [0.05, 0.1) is 12.1 Å². The maximum absolute atomic E-state index is 13.4. The minimum atomic E-state index is -0.692. The molecule has 3 rings (SSSR count). The molecule has 0 unspecified atom stereocenters. The molecule has 0 fully saturated rings. The van der Waals surface area contributed by atoms with Crippen molar-refractivity contribution in [2.75, 3.05) is 6.61 Å². The summed E-state index contributed by atoms with van der Waals surface area (Å²) >= 11 is 0. The van der Waals surface area contributed by atoms with E-state index < -0.39 is 17.5 Å². The van der Waals surface area contributed by atoms with E-state index in [4.69, 9.17) is 4.74 Å². The molecule has 3 aromatic rings. The average Bonchev–Trinajstić information content (AvgIpc) is 2.86. The van der Waals surface area contributed by atoms with Crippen molar-refractivity contribution in [1.82, 2.24) is 19.8 Å². The summed E-state index contributed by atoms with van der Waals surface area (Å²) in [7, 11) is 0. The van der Waals surface area contributed by atoms with E-state index in [2.05, 4.69) is 15.3 Å². The molecule has 0 aliphatic rings. The fourth-order valence-electron chi connectivity index (χ4n) is 1.99. The third-order valence-electron chi connectivity index (χ3n) is 2.80. The van der Waals surface area contributed by atoms with Crippen molar-refractivity contribution in [3.63, 3.8) is 0 Å². The number of aromatic amines is 1. The smallest absolute Gasteiger partial charge is 0.368 e. The zero-order valence-corrected chi connectivity index (χ0v) is 10.4. The van der Waals surface area contributed by atoms with E-state index in [9.17, 15) is 14.0 Å². The first-order valence-corrected chi connectivity index (χ1v) is 5.85. The van der Waals surface area contributed by atoms with Crippen LogP contribution in [0.2, 0.25) is 0 Å². The van der Waals surface area contributed by atoms with Gasteiger partial charge in [-0.3, -0.25) is 0 Å². The van der Waals surface area contributed by atoms with Crippen LogP contribution in [0.3, 0.4) is 0 Å². The second-order valence-electron chi connectivity index (χ2n) is 4.02. The number of carbonyl (C=O) groups is 1. The second kappa shape index (κ2) is 4.41. The zero-order chi connectivity index (χ0) is 14.3. The Morgan fingerprint density at radius 2 is 2.30 bits per heavy atom. The molecule has 0 radical (unpaired) electrons. The first-order valence-electron chi connectivity index (χ1n) is 5.85. The fourth-order valence-corrected chi connectivity index (χ4v) is 1.99. The van der Waals surface area contributed by atoms with Crippen LogP contribution in [-0.4, -0.2) is 32.4 Å². The van der Waals surface area contributed by atoms with Gasteiger partial charge in [-0.25, -0.2) is 19.2 Å². The predicted octanol–water partition coefficient (Wildman–Crippen LogP) is 0.887. The molecule has 102 valence electrons. The number of fused-ring (bicyclic) bond motifs is 3. The topological polar surface area (TPSA) is 89.4 Å². The number of H-pyrrole nitrogens is 1. The number of carbonyl (C=O) groups excluding carboxylic acids is 1. The van der Waals surface area contributed by atoms with Crippen LogP contribution in [0.5, 0.6) is 0 Å². The molecule has 0 spiro atoms. The van der Waals surface area contributed by atoms with Gasteiger partial charge in [-0.2, -0.15) is 9.50 Å². The van der Waals surface area contributed by atoms with Crippen molar-refractivity contribution in [2.45, 2.75) is 6.92 Å². The fraction of sp³-hybridized carbons (Fsp3) is 0.167. The number of esters is 1. The zero-order valence-electron chi connectivity index (χ0n) is 10.4. The maximum Gasteiger partial charge on any atom is 0.368 e. The lowest BCUT2D eigenvalue weighted by Gasteiger charge is -2.01. The lowest BCUT2D eigenvalue weighted by atomic mass is 10.2. The molecule has 0 aliphatic heterocycles. The van der Waals surface area contributed by atoms with Gasteiger partial charge in [0.2, 0.25) is 0 Å². The van der Waals surface area contributed by atoms with E-state index in [-0.39, 0.29) is 23.3 Å². The lowest BCUT2D eigenvalue weighted by Crippen LogP contribution is -2.18. The Morgan fingerprint density at radius 3 is 3.05 bits per heavy atom. The van der Waals surface area contributed by atoms with E-state index >= 15 is 0 Å². The van der Waals surface area contributed by atoms with Gasteiger partial charge < -0.3 is 4.74 Å². The number of nitrogens with one attached hydrogen (secondary N) is 1. The summed E-state index contributed by atoms with van der Waals surface area (Å²) in [5.74, 6) is -1.20. The first-order chi connectivity index (χ1) is 9.61. The average molecular weight is 276 g/mol. The van der Waals surface area contributed by atoms with Gasteiger partial charge in [0.25, 0.3) is 0 Å². The number of hydrogen-bond donors (Lipinski definition) is 1. The van der Waals surface area contributed by atoms with Crippen LogP contribution >= 0.6 is 0 Å². The van der Waals surface area contributed by atoms with Crippen LogP contribution < -0.4 is 5.69 Å². The summed E-state index contributed by atoms with van der Waals surface area (Å²) in [6.45, 7) is 1.82. The van der Waals surface area contributed by atoms with E-state index in [0.717, 1.165) is 4.52 Å². The number of rotatable bonds is 2. The van der Waals surface area contributed by atoms with E-state index in [1.54, 1.807) is 6.92 Å². The van der Waals surface area contributed by atoms with Crippen molar-refractivity contribution >= 4 is 22.4 Å². The van der Waals surface area contributed by atoms with Crippen LogP contribution in [0.15, 0.2) is 23.0 Å². The molecule has 20 heavy (non-hydrogen) atoms. The molecule has 2 aromatic heterocycles. The largest absolute Gasteiger partial charge is 0.461 e. The Labute approximate surface area is 111 Å². The summed E-state index contributed by atoms with van der Waals surface area (Å²) in [5.41, 5.74) is -0.287. The lowest BCUT2D eigenvalue weighted by molar-refractivity contribution is 0.0522. The van der Waals surface area contributed by atoms with Gasteiger partial charge in [0, 0.05) is 5.39 Å². The summed E-state index contributed by atoms with van der Waals surface area (Å²) < 4.78 is 19.2. The number of nitrogens with zero attached hydrogens (tertiary/aromatic N) is 3. The van der Waals surface area contributed by atoms with Crippen LogP contribution in [0, 0.1) is 5.82 Å². The van der Waals surface area contributed by atoms with E-state index in [1.165, 1.54) is 18.2 Å². The molecule has 1 N–H and O–H groups in total. The quantitative estimate of drug-likeness (QED) is 0.702. The number of halogens is 1. The van der Waals surface area contributed by atoms with E-state index in [1.807, 2.05) is 0 Å². The summed E-state index contributed by atoms with van der Waals surface area (Å²) in [6.07, 6.45) is 0. The molecule has 7 nitrogen and oxygen atoms in total. The third-order valence-corrected chi connectivity index (χ3v) is 2.80. The Hall–Kier alpha value is -2.77. The van der Waals surface area contributed by atoms with Crippen LogP contribution in [-0.2, 0) is 4.74 Å². The summed E-state index contributed by atoms with van der Waals surface area (Å²) in [5, 5.41) is 6.44. The minimum Gasteiger partial charge on any atom is -0.461 e. The van der Waals surface area contributed by atoms with Gasteiger partial charge in [0.15, 0.2) is 5.69 Å². The highest BCUT2D eigenvalue weighted by Crippen LogP contribution is 2.20. The first kappa shape index (κ1) is 12.3. The van der Waals surface area contributed by atoms with Gasteiger partial charge in [-0.15, -0.1) is 5.10 Å². The SMILES string of the molecule is CCOC(=O)c1n[nH]n2c(=O)nc3ccc(F)cc3c12. The second-order valence-corrected chi connectivity index (χ2v) is 4.02. The molecule has 0 aliphatic carbocycles. The summed E-state index contributed by atoms with van der Waals surface area (Å²) in [4.78, 5) is 27.4. The Bertz CT molecular complexity index is 883. The molecule has 8 heteroatoms.